The van der Waals surface area contributed by atoms with E-state index in [1.54, 1.807) is 11.3 Å². The second kappa shape index (κ2) is 10.1. The third-order valence-electron chi connectivity index (χ3n) is 9.72. The molecule has 3 aromatic heterocycles. The summed E-state index contributed by atoms with van der Waals surface area (Å²) in [5.74, 6) is 1.43. The van der Waals surface area contributed by atoms with Gasteiger partial charge in [0.15, 0.2) is 5.84 Å². The van der Waals surface area contributed by atoms with Crippen LogP contribution in [-0.2, 0) is 0 Å². The third kappa shape index (κ3) is 3.98. The van der Waals surface area contributed by atoms with E-state index in [0.29, 0.717) is 5.84 Å². The molecule has 0 saturated carbocycles. The number of benzene rings is 7. The Hall–Kier alpha value is -6.24. The minimum Gasteiger partial charge on any atom is -0.455 e. The standard InChI is InChI=1S/C43H25N3O2S/c1-2-11-25(12-3-1)41-44-42(26-19-20-29-30-21-18-24-10-4-5-13-27(24)38(30)48-35(29)22-26)46-43(45-41)33-23-32-28-14-6-8-16-34(28)47-39(32)37-31-15-7-9-17-36(31)49-40(33)37/h1-23,41H,(H,44,45,46). The van der Waals surface area contributed by atoms with E-state index >= 15 is 0 Å². The molecule has 230 valence electrons. The lowest BCUT2D eigenvalue weighted by Crippen LogP contribution is -2.33. The molecule has 1 N–H and O–H groups in total. The van der Waals surface area contributed by atoms with Crippen LogP contribution in [0.2, 0.25) is 0 Å². The van der Waals surface area contributed by atoms with Gasteiger partial charge in [0.2, 0.25) is 0 Å². The number of nitrogens with zero attached hydrogens (tertiary/aromatic N) is 2. The zero-order valence-electron chi connectivity index (χ0n) is 26.0. The average Bonchev–Trinajstić information content (AvgIpc) is 3.86. The Balaban J connectivity index is 1.16. The van der Waals surface area contributed by atoms with Gasteiger partial charge < -0.3 is 14.2 Å². The van der Waals surface area contributed by atoms with Gasteiger partial charge in [-0.15, -0.1) is 11.3 Å². The molecule has 0 spiro atoms. The molecular formula is C43H25N3O2S. The molecule has 11 rings (SSSR count). The number of hydrogen-bond acceptors (Lipinski definition) is 6. The number of fused-ring (bicyclic) bond motifs is 12. The maximum absolute atomic E-state index is 6.56. The number of hydrogen-bond donors (Lipinski definition) is 1. The van der Waals surface area contributed by atoms with Gasteiger partial charge in [0.05, 0.1) is 4.70 Å². The maximum atomic E-state index is 6.56. The highest BCUT2D eigenvalue weighted by molar-refractivity contribution is 7.26. The number of aliphatic imine (C=N–C) groups is 2. The molecule has 7 aromatic carbocycles. The quantitative estimate of drug-likeness (QED) is 0.208. The molecular weight excluding hydrogens is 623 g/mol. The fourth-order valence-corrected chi connectivity index (χ4v) is 8.62. The largest absolute Gasteiger partial charge is 0.455 e. The molecule has 0 fully saturated rings. The number of thiophene rings is 1. The molecule has 0 aliphatic carbocycles. The van der Waals surface area contributed by atoms with E-state index in [-0.39, 0.29) is 6.17 Å². The number of nitrogens with one attached hydrogen (secondary N) is 1. The van der Waals surface area contributed by atoms with Crippen molar-refractivity contribution in [2.75, 3.05) is 0 Å². The van der Waals surface area contributed by atoms with Crippen molar-refractivity contribution < 1.29 is 8.83 Å². The van der Waals surface area contributed by atoms with Gasteiger partial charge in [-0.05, 0) is 47.3 Å². The lowest BCUT2D eigenvalue weighted by Gasteiger charge is -2.24. The Morgan fingerprint density at radius 3 is 2.22 bits per heavy atom. The minimum absolute atomic E-state index is 0.333. The van der Waals surface area contributed by atoms with E-state index < -0.39 is 0 Å². The van der Waals surface area contributed by atoms with Crippen LogP contribution in [0.3, 0.4) is 0 Å². The van der Waals surface area contributed by atoms with E-state index in [0.717, 1.165) is 87.3 Å². The van der Waals surface area contributed by atoms with Gasteiger partial charge in [0.1, 0.15) is 34.3 Å². The highest BCUT2D eigenvalue weighted by atomic mass is 32.1. The van der Waals surface area contributed by atoms with E-state index in [9.17, 15) is 0 Å². The predicted molar refractivity (Wildman–Crippen MR) is 203 cm³/mol. The van der Waals surface area contributed by atoms with Crippen molar-refractivity contribution in [1.29, 1.82) is 0 Å². The summed E-state index contributed by atoms with van der Waals surface area (Å²) in [6.45, 7) is 0. The van der Waals surface area contributed by atoms with Crippen molar-refractivity contribution in [1.82, 2.24) is 5.32 Å². The lowest BCUT2D eigenvalue weighted by atomic mass is 10.0. The molecule has 6 heteroatoms. The summed E-state index contributed by atoms with van der Waals surface area (Å²) in [5.41, 5.74) is 6.49. The molecule has 0 saturated heterocycles. The number of para-hydroxylation sites is 1. The molecule has 4 heterocycles. The second-order valence-electron chi connectivity index (χ2n) is 12.5. The Morgan fingerprint density at radius 2 is 1.31 bits per heavy atom. The maximum Gasteiger partial charge on any atom is 0.159 e. The van der Waals surface area contributed by atoms with Gasteiger partial charge >= 0.3 is 0 Å². The van der Waals surface area contributed by atoms with Crippen molar-refractivity contribution in [2.45, 2.75) is 6.17 Å². The normalized spacial score (nSPS) is 15.1. The molecule has 49 heavy (non-hydrogen) atoms. The van der Waals surface area contributed by atoms with E-state index in [4.69, 9.17) is 18.8 Å². The van der Waals surface area contributed by atoms with Crippen molar-refractivity contribution >= 4 is 97.8 Å². The Labute approximate surface area is 283 Å². The van der Waals surface area contributed by atoms with Crippen molar-refractivity contribution in [3.05, 3.63) is 156 Å². The van der Waals surface area contributed by atoms with Gasteiger partial charge in [-0.1, -0.05) is 103 Å². The number of amidine groups is 2. The van der Waals surface area contributed by atoms with Gasteiger partial charge in [0, 0.05) is 53.5 Å². The molecule has 1 unspecified atom stereocenters. The summed E-state index contributed by atoms with van der Waals surface area (Å²) in [6.07, 6.45) is -0.333. The molecule has 1 aliphatic rings. The first-order valence-corrected chi connectivity index (χ1v) is 17.2. The Bertz CT molecular complexity index is 3040. The molecule has 0 amide bonds. The molecule has 0 radical (unpaired) electrons. The van der Waals surface area contributed by atoms with Crippen LogP contribution < -0.4 is 5.32 Å². The summed E-state index contributed by atoms with van der Waals surface area (Å²) >= 11 is 1.77. The Kier molecular flexibility index (Phi) is 5.54. The lowest BCUT2D eigenvalue weighted by molar-refractivity contribution is 0.670. The number of rotatable bonds is 3. The van der Waals surface area contributed by atoms with Crippen LogP contribution in [0.15, 0.2) is 158 Å². The Morgan fingerprint density at radius 1 is 0.571 bits per heavy atom. The SMILES string of the molecule is c1ccc(C2N=C(c3ccc4c(c3)oc3c5ccccc5ccc43)N=C(c3cc4c5ccccc5oc4c4c3sc3ccccc34)N2)cc1. The smallest absolute Gasteiger partial charge is 0.159 e. The van der Waals surface area contributed by atoms with Gasteiger partial charge in [-0.25, -0.2) is 9.98 Å². The third-order valence-corrected chi connectivity index (χ3v) is 10.9. The highest BCUT2D eigenvalue weighted by Crippen LogP contribution is 2.44. The van der Waals surface area contributed by atoms with Crippen LogP contribution in [0.1, 0.15) is 22.9 Å². The first-order valence-electron chi connectivity index (χ1n) is 16.3. The van der Waals surface area contributed by atoms with Gasteiger partial charge in [-0.2, -0.15) is 0 Å². The van der Waals surface area contributed by atoms with Crippen molar-refractivity contribution in [3.63, 3.8) is 0 Å². The average molecular weight is 648 g/mol. The minimum atomic E-state index is -0.333. The summed E-state index contributed by atoms with van der Waals surface area (Å²) in [7, 11) is 0. The summed E-state index contributed by atoms with van der Waals surface area (Å²) in [4.78, 5) is 10.5. The monoisotopic (exact) mass is 647 g/mol. The molecule has 0 bridgehead atoms. The first-order chi connectivity index (χ1) is 24.3. The van der Waals surface area contributed by atoms with Crippen LogP contribution in [-0.4, -0.2) is 11.7 Å². The molecule has 1 atom stereocenters. The van der Waals surface area contributed by atoms with E-state index in [2.05, 4.69) is 127 Å². The highest BCUT2D eigenvalue weighted by Gasteiger charge is 2.26. The second-order valence-corrected chi connectivity index (χ2v) is 13.6. The van der Waals surface area contributed by atoms with Crippen molar-refractivity contribution in [2.24, 2.45) is 9.98 Å². The summed E-state index contributed by atoms with van der Waals surface area (Å²) in [6, 6.07) is 48.4. The molecule has 5 nitrogen and oxygen atoms in total. The summed E-state index contributed by atoms with van der Waals surface area (Å²) in [5, 5.41) is 12.6. The fourth-order valence-electron chi connectivity index (χ4n) is 7.41. The van der Waals surface area contributed by atoms with E-state index in [1.807, 2.05) is 18.2 Å². The zero-order valence-corrected chi connectivity index (χ0v) is 26.8. The van der Waals surface area contributed by atoms with E-state index in [1.165, 1.54) is 10.1 Å². The zero-order chi connectivity index (χ0) is 32.1. The van der Waals surface area contributed by atoms with Gasteiger partial charge in [0.25, 0.3) is 0 Å². The van der Waals surface area contributed by atoms with Crippen LogP contribution in [0, 0.1) is 0 Å². The predicted octanol–water partition coefficient (Wildman–Crippen LogP) is 11.5. The van der Waals surface area contributed by atoms with Crippen LogP contribution in [0.4, 0.5) is 0 Å². The first kappa shape index (κ1) is 26.8. The molecule has 10 aromatic rings. The topological polar surface area (TPSA) is 63.0 Å². The molecule has 1 aliphatic heterocycles. The van der Waals surface area contributed by atoms with Crippen molar-refractivity contribution in [3.8, 4) is 0 Å². The summed E-state index contributed by atoms with van der Waals surface area (Å²) < 4.78 is 15.5. The van der Waals surface area contributed by atoms with Crippen LogP contribution >= 0.6 is 11.3 Å². The van der Waals surface area contributed by atoms with Gasteiger partial charge in [-0.3, -0.25) is 0 Å². The van der Waals surface area contributed by atoms with Crippen LogP contribution in [0.25, 0.3) is 74.8 Å². The fraction of sp³-hybridized carbons (Fsp3) is 0.0233. The van der Waals surface area contributed by atoms with Crippen LogP contribution in [0.5, 0.6) is 0 Å². The number of furan rings is 2.